The number of aromatic amines is 1. The van der Waals surface area contributed by atoms with Crippen molar-refractivity contribution in [2.24, 2.45) is 5.92 Å². The maximum atomic E-state index is 14.0. The van der Waals surface area contributed by atoms with Crippen LogP contribution in [-0.4, -0.2) is 34.6 Å². The fourth-order valence-corrected chi connectivity index (χ4v) is 8.02. The quantitative estimate of drug-likeness (QED) is 0.223. The minimum absolute atomic E-state index is 0.0732. The zero-order valence-corrected chi connectivity index (χ0v) is 25.1. The number of hydrogen-bond acceptors (Lipinski definition) is 7. The second-order valence-corrected chi connectivity index (χ2v) is 12.9. The molecule has 0 spiro atoms. The van der Waals surface area contributed by atoms with Gasteiger partial charge in [0.15, 0.2) is 6.61 Å². The summed E-state index contributed by atoms with van der Waals surface area (Å²) in [5.41, 5.74) is -0.305. The van der Waals surface area contributed by atoms with E-state index in [-0.39, 0.29) is 21.3 Å². The molecule has 3 atom stereocenters. The first-order valence-electron chi connectivity index (χ1n) is 12.8. The van der Waals surface area contributed by atoms with E-state index >= 15 is 0 Å². The summed E-state index contributed by atoms with van der Waals surface area (Å²) < 4.78 is 45.1. The fraction of sp³-hybridized carbons (Fsp3) is 0.172. The summed E-state index contributed by atoms with van der Waals surface area (Å²) in [5, 5.41) is 2.61. The summed E-state index contributed by atoms with van der Waals surface area (Å²) in [6, 6.07) is 14.9. The lowest BCUT2D eigenvalue weighted by atomic mass is 9.82. The first kappa shape index (κ1) is 30.3. The van der Waals surface area contributed by atoms with Crippen molar-refractivity contribution in [3.63, 3.8) is 0 Å². The number of amides is 3. The van der Waals surface area contributed by atoms with Gasteiger partial charge in [-0.25, -0.2) is 4.90 Å². The van der Waals surface area contributed by atoms with E-state index in [1.165, 1.54) is 30.3 Å². The van der Waals surface area contributed by atoms with Crippen LogP contribution in [0.5, 0.6) is 5.75 Å². The van der Waals surface area contributed by atoms with Crippen LogP contribution >= 0.6 is 46.3 Å². The number of nitrogens with zero attached hydrogens (tertiary/aromatic N) is 1. The van der Waals surface area contributed by atoms with Crippen LogP contribution in [-0.2, 0) is 20.6 Å². The molecule has 2 N–H and O–H groups in total. The number of nitrogens with one attached hydrogen (secondary N) is 2. The fourth-order valence-electron chi connectivity index (χ4n) is 5.20. The molecule has 3 unspecified atom stereocenters. The zero-order chi connectivity index (χ0) is 31.3. The summed E-state index contributed by atoms with van der Waals surface area (Å²) >= 11 is 14.3. The van der Waals surface area contributed by atoms with Gasteiger partial charge in [0.1, 0.15) is 11.0 Å². The maximum absolute atomic E-state index is 14.0. The number of anilines is 2. The molecule has 3 heterocycles. The number of aromatic nitrogens is 1. The third-order valence-corrected chi connectivity index (χ3v) is 9.94. The number of rotatable bonds is 6. The van der Waals surface area contributed by atoms with Gasteiger partial charge in [-0.2, -0.15) is 13.2 Å². The van der Waals surface area contributed by atoms with Crippen LogP contribution in [0, 0.1) is 5.92 Å². The molecule has 226 valence electrons. The van der Waals surface area contributed by atoms with E-state index in [2.05, 4.69) is 10.3 Å². The van der Waals surface area contributed by atoms with Gasteiger partial charge in [0.25, 0.3) is 5.91 Å². The molecule has 3 aromatic carbocycles. The van der Waals surface area contributed by atoms with Crippen molar-refractivity contribution in [1.82, 2.24) is 4.98 Å². The van der Waals surface area contributed by atoms with Crippen LogP contribution < -0.4 is 19.8 Å². The molecular formula is C29H18Cl2F3N3O5S2. The van der Waals surface area contributed by atoms with Gasteiger partial charge >= 0.3 is 11.0 Å². The standard InChI is InChI=1S/C29H18Cl2F3N3O5S2/c30-14-4-7-17(8-5-14)37-26(39)22-21(23-25(36-28(41)44-23)43-24(22)27(37)40)18-11-15(31)6-9-19(18)42-12-20(38)35-16-3-1-2-13(10-16)29(32,33)34/h1-11,21-22,24H,12H2,(H,35,38)(H,36,41). The Bertz CT molecular complexity index is 1860. The van der Waals surface area contributed by atoms with E-state index in [4.69, 9.17) is 27.9 Å². The highest BCUT2D eigenvalue weighted by molar-refractivity contribution is 8.00. The van der Waals surface area contributed by atoms with Crippen LogP contribution in [0.15, 0.2) is 76.6 Å². The van der Waals surface area contributed by atoms with Gasteiger partial charge in [-0.05, 0) is 60.7 Å². The van der Waals surface area contributed by atoms with Crippen LogP contribution in [0.2, 0.25) is 10.0 Å². The summed E-state index contributed by atoms with van der Waals surface area (Å²) in [7, 11) is 0. The number of carbonyl (C=O) groups is 3. The average Bonchev–Trinajstić information content (AvgIpc) is 3.46. The van der Waals surface area contributed by atoms with Crippen molar-refractivity contribution in [3.05, 3.63) is 102 Å². The number of imide groups is 1. The van der Waals surface area contributed by atoms with Crippen LogP contribution in [0.3, 0.4) is 0 Å². The second kappa shape index (κ2) is 11.6. The number of hydrogen-bond donors (Lipinski definition) is 2. The van der Waals surface area contributed by atoms with Gasteiger partial charge in [0, 0.05) is 32.1 Å². The molecule has 4 aromatic rings. The number of benzene rings is 3. The first-order chi connectivity index (χ1) is 20.9. The third-order valence-electron chi connectivity index (χ3n) is 7.05. The van der Waals surface area contributed by atoms with E-state index in [0.29, 0.717) is 26.2 Å². The van der Waals surface area contributed by atoms with Gasteiger partial charge in [0.2, 0.25) is 11.8 Å². The number of carbonyl (C=O) groups excluding carboxylic acids is 3. The SMILES string of the molecule is O=C(COc1ccc(Cl)cc1C1c2sc(=O)[nH]c2SC2C(=O)N(c3ccc(Cl)cc3)C(=O)C21)Nc1cccc(C(F)(F)F)c1. The Morgan fingerprint density at radius 3 is 2.43 bits per heavy atom. The Labute approximate surface area is 265 Å². The van der Waals surface area contributed by atoms with Crippen molar-refractivity contribution in [1.29, 1.82) is 0 Å². The number of thiazole rings is 1. The zero-order valence-electron chi connectivity index (χ0n) is 22.0. The van der Waals surface area contributed by atoms with E-state index in [9.17, 15) is 32.3 Å². The number of H-pyrrole nitrogens is 1. The van der Waals surface area contributed by atoms with Crippen molar-refractivity contribution >= 4 is 75.4 Å². The number of ether oxygens (including phenoxy) is 1. The highest BCUT2D eigenvalue weighted by Gasteiger charge is 2.57. The van der Waals surface area contributed by atoms with E-state index < -0.39 is 53.2 Å². The van der Waals surface area contributed by atoms with E-state index in [1.54, 1.807) is 24.3 Å². The van der Waals surface area contributed by atoms with Gasteiger partial charge in [-0.15, -0.1) is 0 Å². The molecule has 0 radical (unpaired) electrons. The minimum Gasteiger partial charge on any atom is -0.483 e. The number of alkyl halides is 3. The molecule has 0 aliphatic carbocycles. The molecule has 1 fully saturated rings. The Morgan fingerprint density at radius 1 is 0.977 bits per heavy atom. The predicted molar refractivity (Wildman–Crippen MR) is 161 cm³/mol. The molecule has 0 saturated carbocycles. The summed E-state index contributed by atoms with van der Waals surface area (Å²) in [6.45, 7) is -0.597. The molecule has 6 rings (SSSR count). The van der Waals surface area contributed by atoms with Crippen molar-refractivity contribution in [2.45, 2.75) is 22.4 Å². The Balaban J connectivity index is 1.33. The summed E-state index contributed by atoms with van der Waals surface area (Å²) in [6.07, 6.45) is -4.59. The molecule has 44 heavy (non-hydrogen) atoms. The van der Waals surface area contributed by atoms with Gasteiger partial charge in [-0.3, -0.25) is 19.2 Å². The Kier molecular flexibility index (Phi) is 7.99. The molecule has 1 aromatic heterocycles. The monoisotopic (exact) mass is 679 g/mol. The lowest BCUT2D eigenvalue weighted by molar-refractivity contribution is -0.137. The number of thioether (sulfide) groups is 1. The second-order valence-electron chi connectivity index (χ2n) is 9.84. The molecular weight excluding hydrogens is 662 g/mol. The largest absolute Gasteiger partial charge is 0.483 e. The van der Waals surface area contributed by atoms with Crippen LogP contribution in [0.1, 0.15) is 21.9 Å². The highest BCUT2D eigenvalue weighted by atomic mass is 35.5. The maximum Gasteiger partial charge on any atom is 0.416 e. The lowest BCUT2D eigenvalue weighted by Gasteiger charge is -2.31. The topological polar surface area (TPSA) is 109 Å². The predicted octanol–water partition coefficient (Wildman–Crippen LogP) is 6.58. The summed E-state index contributed by atoms with van der Waals surface area (Å²) in [4.78, 5) is 56.7. The van der Waals surface area contributed by atoms with Crippen LogP contribution in [0.25, 0.3) is 0 Å². The summed E-state index contributed by atoms with van der Waals surface area (Å²) in [5.74, 6) is -3.38. The molecule has 2 aliphatic rings. The van der Waals surface area contributed by atoms with Crippen molar-refractivity contribution in [2.75, 3.05) is 16.8 Å². The molecule has 1 saturated heterocycles. The normalized spacial score (nSPS) is 19.5. The third kappa shape index (κ3) is 5.72. The molecule has 8 nitrogen and oxygen atoms in total. The van der Waals surface area contributed by atoms with E-state index in [0.717, 1.165) is 40.1 Å². The van der Waals surface area contributed by atoms with E-state index in [1.807, 2.05) is 0 Å². The number of halogens is 5. The molecule has 15 heteroatoms. The Hall–Kier alpha value is -3.78. The molecule has 0 bridgehead atoms. The van der Waals surface area contributed by atoms with Crippen LogP contribution in [0.4, 0.5) is 24.5 Å². The van der Waals surface area contributed by atoms with Gasteiger partial charge in [-0.1, -0.05) is 52.4 Å². The highest BCUT2D eigenvalue weighted by Crippen LogP contribution is 2.54. The molecule has 2 aliphatic heterocycles. The van der Waals surface area contributed by atoms with Crippen molar-refractivity contribution in [3.8, 4) is 5.75 Å². The average molecular weight is 681 g/mol. The van der Waals surface area contributed by atoms with Crippen molar-refractivity contribution < 1.29 is 32.3 Å². The number of fused-ring (bicyclic) bond motifs is 2. The smallest absolute Gasteiger partial charge is 0.416 e. The minimum atomic E-state index is -4.59. The van der Waals surface area contributed by atoms with Gasteiger partial charge < -0.3 is 15.0 Å². The Morgan fingerprint density at radius 2 is 1.70 bits per heavy atom. The first-order valence-corrected chi connectivity index (χ1v) is 15.3. The molecule has 3 amide bonds. The van der Waals surface area contributed by atoms with Gasteiger partial charge in [0.05, 0.1) is 22.2 Å². The lowest BCUT2D eigenvalue weighted by Crippen LogP contribution is -2.32.